The fraction of sp³-hybridized carbons (Fsp3) is 0.556. The highest BCUT2D eigenvalue weighted by molar-refractivity contribution is 7.10. The van der Waals surface area contributed by atoms with Crippen molar-refractivity contribution in [2.45, 2.75) is 18.9 Å². The van der Waals surface area contributed by atoms with Gasteiger partial charge in [0.15, 0.2) is 5.15 Å². The molecule has 0 aromatic carbocycles. The molecular weight excluding hydrogens is 234 g/mol. The van der Waals surface area contributed by atoms with Gasteiger partial charge in [0, 0.05) is 13.1 Å². The van der Waals surface area contributed by atoms with Crippen LogP contribution in [0.3, 0.4) is 0 Å². The Morgan fingerprint density at radius 3 is 2.93 bits per heavy atom. The number of nitrogens with zero attached hydrogens (tertiary/aromatic N) is 3. The van der Waals surface area contributed by atoms with E-state index in [0.29, 0.717) is 18.7 Å². The number of aliphatic hydroxyl groups is 1. The van der Waals surface area contributed by atoms with Crippen molar-refractivity contribution in [1.82, 2.24) is 4.37 Å². The summed E-state index contributed by atoms with van der Waals surface area (Å²) in [6, 6.07) is 2.03. The van der Waals surface area contributed by atoms with Gasteiger partial charge in [0.1, 0.15) is 16.6 Å². The fourth-order valence-corrected chi connectivity index (χ4v) is 2.63. The molecule has 0 amide bonds. The van der Waals surface area contributed by atoms with Crippen LogP contribution in [0, 0.1) is 11.3 Å². The smallest absolute Gasteiger partial charge is 0.162 e. The maximum Gasteiger partial charge on any atom is 0.162 e. The Kier molecular flexibility index (Phi) is 2.59. The number of nitriles is 1. The van der Waals surface area contributed by atoms with Gasteiger partial charge in [-0.05, 0) is 18.0 Å². The van der Waals surface area contributed by atoms with Gasteiger partial charge in [0.2, 0.25) is 0 Å². The average molecular weight is 244 g/mol. The molecule has 6 heteroatoms. The molecule has 0 spiro atoms. The molecule has 0 aliphatic carbocycles. The van der Waals surface area contributed by atoms with Gasteiger partial charge in [-0.15, -0.1) is 0 Å². The number of β-amino-alcohol motifs (C(OH)–C–C–N with tert-alkyl or cyclic N) is 1. The molecule has 1 aliphatic rings. The lowest BCUT2D eigenvalue weighted by Crippen LogP contribution is -2.61. The summed E-state index contributed by atoms with van der Waals surface area (Å²) in [7, 11) is 0. The second-order valence-corrected chi connectivity index (χ2v) is 4.81. The summed E-state index contributed by atoms with van der Waals surface area (Å²) in [4.78, 5) is 1.94. The van der Waals surface area contributed by atoms with E-state index in [2.05, 4.69) is 4.37 Å². The van der Waals surface area contributed by atoms with Gasteiger partial charge in [-0.3, -0.25) is 0 Å². The van der Waals surface area contributed by atoms with Crippen LogP contribution in [0.5, 0.6) is 0 Å². The zero-order valence-electron chi connectivity index (χ0n) is 8.20. The zero-order valence-corrected chi connectivity index (χ0v) is 9.77. The molecule has 1 saturated heterocycles. The van der Waals surface area contributed by atoms with Crippen LogP contribution >= 0.6 is 23.1 Å². The van der Waals surface area contributed by atoms with Gasteiger partial charge < -0.3 is 10.0 Å². The maximum absolute atomic E-state index is 9.85. The van der Waals surface area contributed by atoms with Crippen LogP contribution in [0.4, 0.5) is 5.00 Å². The first kappa shape index (κ1) is 10.7. The topological polar surface area (TPSA) is 60.1 Å². The lowest BCUT2D eigenvalue weighted by Gasteiger charge is -2.46. The molecule has 0 radical (unpaired) electrons. The van der Waals surface area contributed by atoms with Gasteiger partial charge in [0.25, 0.3) is 0 Å². The van der Waals surface area contributed by atoms with E-state index in [4.69, 9.17) is 16.9 Å². The Labute approximate surface area is 96.9 Å². The highest BCUT2D eigenvalue weighted by atomic mass is 35.5. The molecule has 2 heterocycles. The van der Waals surface area contributed by atoms with E-state index in [9.17, 15) is 5.11 Å². The SMILES string of the molecule is CCC1(O)CN(c2snc(Cl)c2C#N)C1. The molecule has 1 aromatic heterocycles. The number of hydrogen-bond donors (Lipinski definition) is 1. The van der Waals surface area contributed by atoms with E-state index < -0.39 is 5.60 Å². The van der Waals surface area contributed by atoms with Crippen molar-refractivity contribution in [3.8, 4) is 6.07 Å². The highest BCUT2D eigenvalue weighted by Crippen LogP contribution is 2.37. The third-order valence-corrected chi connectivity index (χ3v) is 3.94. The van der Waals surface area contributed by atoms with Gasteiger partial charge in [-0.25, -0.2) is 0 Å². The monoisotopic (exact) mass is 243 g/mol. The molecular formula is C9H10ClN3OS. The van der Waals surface area contributed by atoms with Crippen molar-refractivity contribution in [2.75, 3.05) is 18.0 Å². The number of aromatic nitrogens is 1. The summed E-state index contributed by atoms with van der Waals surface area (Å²) in [6.45, 7) is 3.05. The third kappa shape index (κ3) is 1.69. The molecule has 1 aliphatic heterocycles. The largest absolute Gasteiger partial charge is 0.386 e. The van der Waals surface area contributed by atoms with E-state index in [1.165, 1.54) is 11.5 Å². The fourth-order valence-electron chi connectivity index (χ4n) is 1.60. The van der Waals surface area contributed by atoms with Gasteiger partial charge in [-0.2, -0.15) is 9.64 Å². The van der Waals surface area contributed by atoms with E-state index in [-0.39, 0.29) is 5.15 Å². The Hall–Kier alpha value is -0.830. The number of rotatable bonds is 2. The summed E-state index contributed by atoms with van der Waals surface area (Å²) >= 11 is 6.97. The molecule has 0 bridgehead atoms. The lowest BCUT2D eigenvalue weighted by atomic mass is 9.91. The molecule has 15 heavy (non-hydrogen) atoms. The minimum Gasteiger partial charge on any atom is -0.386 e. The van der Waals surface area contributed by atoms with Crippen molar-refractivity contribution in [2.24, 2.45) is 0 Å². The van der Waals surface area contributed by atoms with Crippen LogP contribution in [0.1, 0.15) is 18.9 Å². The zero-order chi connectivity index (χ0) is 11.1. The lowest BCUT2D eigenvalue weighted by molar-refractivity contribution is 0.00891. The van der Waals surface area contributed by atoms with Crippen molar-refractivity contribution >= 4 is 28.1 Å². The predicted octanol–water partition coefficient (Wildman–Crippen LogP) is 1.63. The molecule has 80 valence electrons. The van der Waals surface area contributed by atoms with Crippen molar-refractivity contribution in [3.05, 3.63) is 10.7 Å². The third-order valence-electron chi connectivity index (χ3n) is 2.66. The average Bonchev–Trinajstić information content (AvgIpc) is 2.54. The molecule has 2 rings (SSSR count). The quantitative estimate of drug-likeness (QED) is 0.858. The van der Waals surface area contributed by atoms with Crippen LogP contribution in [0.15, 0.2) is 0 Å². The highest BCUT2D eigenvalue weighted by Gasteiger charge is 2.41. The van der Waals surface area contributed by atoms with Crippen LogP contribution in [0.2, 0.25) is 5.15 Å². The summed E-state index contributed by atoms with van der Waals surface area (Å²) in [5.74, 6) is 0. The molecule has 0 unspecified atom stereocenters. The first-order valence-corrected chi connectivity index (χ1v) is 5.77. The van der Waals surface area contributed by atoms with E-state index in [1.807, 2.05) is 17.9 Å². The van der Waals surface area contributed by atoms with Gasteiger partial charge in [-0.1, -0.05) is 18.5 Å². The first-order chi connectivity index (χ1) is 7.09. The Morgan fingerprint density at radius 2 is 2.40 bits per heavy atom. The summed E-state index contributed by atoms with van der Waals surface area (Å²) in [5.41, 5.74) is -0.191. The number of anilines is 1. The Bertz CT molecular complexity index is 419. The molecule has 0 saturated carbocycles. The second kappa shape index (κ2) is 3.63. The van der Waals surface area contributed by atoms with Crippen molar-refractivity contribution in [1.29, 1.82) is 5.26 Å². The number of hydrogen-bond acceptors (Lipinski definition) is 5. The maximum atomic E-state index is 9.85. The van der Waals surface area contributed by atoms with Crippen LogP contribution in [-0.2, 0) is 0 Å². The van der Waals surface area contributed by atoms with Crippen LogP contribution in [0.25, 0.3) is 0 Å². The van der Waals surface area contributed by atoms with Crippen molar-refractivity contribution < 1.29 is 5.11 Å². The van der Waals surface area contributed by atoms with E-state index in [1.54, 1.807) is 0 Å². The molecule has 4 nitrogen and oxygen atoms in total. The predicted molar refractivity (Wildman–Crippen MR) is 59.3 cm³/mol. The molecule has 0 atom stereocenters. The summed E-state index contributed by atoms with van der Waals surface area (Å²) in [6.07, 6.45) is 0.720. The normalized spacial score (nSPS) is 18.4. The minimum absolute atomic E-state index is 0.254. The van der Waals surface area contributed by atoms with E-state index in [0.717, 1.165) is 11.4 Å². The molecule has 1 N–H and O–H groups in total. The van der Waals surface area contributed by atoms with Crippen LogP contribution < -0.4 is 4.90 Å². The number of halogens is 1. The van der Waals surface area contributed by atoms with Crippen LogP contribution in [-0.4, -0.2) is 28.2 Å². The Morgan fingerprint density at radius 1 is 1.73 bits per heavy atom. The summed E-state index contributed by atoms with van der Waals surface area (Å²) in [5, 5.41) is 19.8. The van der Waals surface area contributed by atoms with Crippen molar-refractivity contribution in [3.63, 3.8) is 0 Å². The standard InChI is InChI=1S/C9H10ClN3OS/c1-2-9(14)4-13(5-9)8-6(3-11)7(10)12-15-8/h14H,2,4-5H2,1H3. The first-order valence-electron chi connectivity index (χ1n) is 4.62. The van der Waals surface area contributed by atoms with E-state index >= 15 is 0 Å². The molecule has 1 fully saturated rings. The molecule has 1 aromatic rings. The summed E-state index contributed by atoms with van der Waals surface area (Å²) < 4.78 is 3.93. The van der Waals surface area contributed by atoms with Gasteiger partial charge >= 0.3 is 0 Å². The minimum atomic E-state index is -0.608. The Balaban J connectivity index is 2.17. The van der Waals surface area contributed by atoms with Gasteiger partial charge in [0.05, 0.1) is 5.60 Å². The second-order valence-electron chi connectivity index (χ2n) is 3.70.